The number of nitrogens with one attached hydrogen (secondary N) is 3. The van der Waals surface area contributed by atoms with Crippen LogP contribution >= 0.6 is 0 Å². The molecule has 0 saturated heterocycles. The highest BCUT2D eigenvalue weighted by molar-refractivity contribution is 5.99. The SMILES string of the molecule is CN(C(=N)N)c1ccc2nc(-c3c[nH]c4ccc(-c5ccc(N=C(N)N)cc5)cc34)[nH]c2c1. The summed E-state index contributed by atoms with van der Waals surface area (Å²) in [5.41, 5.74) is 23.9. The van der Waals surface area contributed by atoms with Crippen LogP contribution in [0.2, 0.25) is 0 Å². The highest BCUT2D eigenvalue weighted by Gasteiger charge is 2.13. The van der Waals surface area contributed by atoms with E-state index >= 15 is 0 Å². The molecule has 5 aromatic rings. The molecular weight excluding hydrogens is 414 g/mol. The monoisotopic (exact) mass is 437 g/mol. The molecule has 0 radical (unpaired) electrons. The van der Waals surface area contributed by atoms with Gasteiger partial charge in [0.2, 0.25) is 0 Å². The number of nitrogens with zero attached hydrogens (tertiary/aromatic N) is 3. The van der Waals surface area contributed by atoms with Gasteiger partial charge in [0.25, 0.3) is 0 Å². The van der Waals surface area contributed by atoms with Crippen molar-refractivity contribution in [3.8, 4) is 22.5 Å². The molecule has 0 unspecified atom stereocenters. The van der Waals surface area contributed by atoms with Gasteiger partial charge < -0.3 is 32.1 Å². The molecule has 9 heteroatoms. The second-order valence-corrected chi connectivity index (χ2v) is 7.78. The molecule has 5 rings (SSSR count). The van der Waals surface area contributed by atoms with Gasteiger partial charge in [0.15, 0.2) is 11.9 Å². The molecule has 3 aromatic carbocycles. The summed E-state index contributed by atoms with van der Waals surface area (Å²) in [4.78, 5) is 17.2. The van der Waals surface area contributed by atoms with Crippen molar-refractivity contribution in [2.75, 3.05) is 11.9 Å². The first-order valence-electron chi connectivity index (χ1n) is 10.3. The molecule has 0 atom stereocenters. The van der Waals surface area contributed by atoms with Gasteiger partial charge in [-0.25, -0.2) is 9.98 Å². The highest BCUT2D eigenvalue weighted by Crippen LogP contribution is 2.33. The van der Waals surface area contributed by atoms with Gasteiger partial charge >= 0.3 is 0 Å². The Morgan fingerprint density at radius 3 is 2.42 bits per heavy atom. The molecule has 0 amide bonds. The quantitative estimate of drug-likeness (QED) is 0.187. The number of rotatable bonds is 4. The third-order valence-corrected chi connectivity index (χ3v) is 5.61. The first-order valence-corrected chi connectivity index (χ1v) is 10.3. The Hall–Kier alpha value is -4.79. The second kappa shape index (κ2) is 7.72. The lowest BCUT2D eigenvalue weighted by molar-refractivity contribution is 1.20. The van der Waals surface area contributed by atoms with E-state index in [1.165, 1.54) is 0 Å². The number of hydrogen-bond acceptors (Lipinski definition) is 3. The summed E-state index contributed by atoms with van der Waals surface area (Å²) in [6, 6.07) is 19.8. The van der Waals surface area contributed by atoms with E-state index in [4.69, 9.17) is 27.6 Å². The fraction of sp³-hybridized carbons (Fsp3) is 0.0417. The Kier molecular flexibility index (Phi) is 4.71. The largest absolute Gasteiger partial charge is 0.370 e. The Labute approximate surface area is 189 Å². The molecule has 9 N–H and O–H groups in total. The Balaban J connectivity index is 1.54. The van der Waals surface area contributed by atoms with Gasteiger partial charge in [0, 0.05) is 35.4 Å². The second-order valence-electron chi connectivity index (χ2n) is 7.78. The van der Waals surface area contributed by atoms with Crippen LogP contribution in [0.15, 0.2) is 71.9 Å². The van der Waals surface area contributed by atoms with E-state index in [2.05, 4.69) is 33.2 Å². The maximum absolute atomic E-state index is 7.64. The molecule has 0 spiro atoms. The molecule has 164 valence electrons. The van der Waals surface area contributed by atoms with Gasteiger partial charge in [-0.15, -0.1) is 0 Å². The first-order chi connectivity index (χ1) is 15.9. The fourth-order valence-corrected chi connectivity index (χ4v) is 3.85. The van der Waals surface area contributed by atoms with Crippen LogP contribution in [0.25, 0.3) is 44.5 Å². The van der Waals surface area contributed by atoms with Crippen molar-refractivity contribution >= 4 is 45.2 Å². The molecule has 0 aliphatic rings. The third-order valence-electron chi connectivity index (χ3n) is 5.61. The average Bonchev–Trinajstić information content (AvgIpc) is 3.41. The van der Waals surface area contributed by atoms with Crippen LogP contribution in [0.3, 0.4) is 0 Å². The van der Waals surface area contributed by atoms with Crippen LogP contribution in [-0.4, -0.2) is 33.9 Å². The maximum Gasteiger partial charge on any atom is 0.192 e. The summed E-state index contributed by atoms with van der Waals surface area (Å²) in [5.74, 6) is 0.774. The van der Waals surface area contributed by atoms with Crippen LogP contribution in [0, 0.1) is 5.41 Å². The predicted molar refractivity (Wildman–Crippen MR) is 135 cm³/mol. The number of guanidine groups is 2. The molecule has 0 aliphatic carbocycles. The van der Waals surface area contributed by atoms with Gasteiger partial charge in [-0.1, -0.05) is 18.2 Å². The number of imidazole rings is 1. The average molecular weight is 438 g/mol. The van der Waals surface area contributed by atoms with Gasteiger partial charge in [-0.3, -0.25) is 5.41 Å². The van der Waals surface area contributed by atoms with Crippen molar-refractivity contribution in [1.29, 1.82) is 5.41 Å². The molecule has 0 saturated carbocycles. The van der Waals surface area contributed by atoms with Crippen molar-refractivity contribution in [1.82, 2.24) is 15.0 Å². The first kappa shape index (κ1) is 20.1. The smallest absolute Gasteiger partial charge is 0.192 e. The number of hydrogen-bond donors (Lipinski definition) is 6. The lowest BCUT2D eigenvalue weighted by Crippen LogP contribution is -2.32. The van der Waals surface area contributed by atoms with Crippen molar-refractivity contribution in [2.24, 2.45) is 22.2 Å². The summed E-state index contributed by atoms with van der Waals surface area (Å²) in [6.45, 7) is 0. The van der Waals surface area contributed by atoms with E-state index in [0.717, 1.165) is 50.1 Å². The number of H-pyrrole nitrogens is 2. The van der Waals surface area contributed by atoms with Gasteiger partial charge in [0.1, 0.15) is 5.82 Å². The zero-order chi connectivity index (χ0) is 23.1. The number of aromatic nitrogens is 3. The van der Waals surface area contributed by atoms with E-state index in [0.29, 0.717) is 5.69 Å². The van der Waals surface area contributed by atoms with Crippen molar-refractivity contribution in [3.63, 3.8) is 0 Å². The minimum atomic E-state index is -0.0235. The Morgan fingerprint density at radius 1 is 0.939 bits per heavy atom. The van der Waals surface area contributed by atoms with E-state index in [1.807, 2.05) is 48.7 Å². The lowest BCUT2D eigenvalue weighted by atomic mass is 10.0. The van der Waals surface area contributed by atoms with Crippen LogP contribution < -0.4 is 22.1 Å². The Bertz CT molecular complexity index is 1520. The topological polar surface area (TPSA) is 162 Å². The zero-order valence-corrected chi connectivity index (χ0v) is 17.9. The summed E-state index contributed by atoms with van der Waals surface area (Å²) in [7, 11) is 1.76. The minimum Gasteiger partial charge on any atom is -0.370 e. The number of nitrogens with two attached hydrogens (primary N) is 3. The van der Waals surface area contributed by atoms with Crippen molar-refractivity contribution in [2.45, 2.75) is 0 Å². The number of benzene rings is 3. The lowest BCUT2D eigenvalue weighted by Gasteiger charge is -2.16. The predicted octanol–water partition coefficient (Wildman–Crippen LogP) is 3.61. The van der Waals surface area contributed by atoms with Gasteiger partial charge in [0.05, 0.1) is 16.7 Å². The number of anilines is 1. The summed E-state index contributed by atoms with van der Waals surface area (Å²) >= 11 is 0. The number of aliphatic imine (C=N–C) groups is 1. The molecule has 33 heavy (non-hydrogen) atoms. The number of aromatic amines is 2. The van der Waals surface area contributed by atoms with E-state index in [9.17, 15) is 0 Å². The van der Waals surface area contributed by atoms with Gasteiger partial charge in [-0.2, -0.15) is 0 Å². The molecule has 0 fully saturated rings. The van der Waals surface area contributed by atoms with Crippen LogP contribution in [0.5, 0.6) is 0 Å². The summed E-state index contributed by atoms with van der Waals surface area (Å²) < 4.78 is 0. The summed E-state index contributed by atoms with van der Waals surface area (Å²) in [6.07, 6.45) is 1.95. The zero-order valence-electron chi connectivity index (χ0n) is 17.9. The standard InChI is InChI=1S/C24H23N9/c1-33(24(27)28)16-7-9-20-21(11-16)32-22(31-20)18-12-29-19-8-4-14(10-17(18)19)13-2-5-15(6-3-13)30-23(25)26/h2-12,29H,1H3,(H3,27,28)(H,31,32)(H4,25,26,30). The van der Waals surface area contributed by atoms with E-state index in [1.54, 1.807) is 11.9 Å². The molecular formula is C24H23N9. The highest BCUT2D eigenvalue weighted by atomic mass is 15.2. The van der Waals surface area contributed by atoms with Crippen LogP contribution in [0.4, 0.5) is 11.4 Å². The summed E-state index contributed by atoms with van der Waals surface area (Å²) in [5, 5.41) is 8.70. The molecule has 9 nitrogen and oxygen atoms in total. The van der Waals surface area contributed by atoms with Gasteiger partial charge in [-0.05, 0) is 53.6 Å². The van der Waals surface area contributed by atoms with E-state index in [-0.39, 0.29) is 11.9 Å². The third kappa shape index (κ3) is 3.72. The molecule has 2 heterocycles. The van der Waals surface area contributed by atoms with Crippen LogP contribution in [0.1, 0.15) is 0 Å². The normalized spacial score (nSPS) is 11.1. The molecule has 0 bridgehead atoms. The van der Waals surface area contributed by atoms with Crippen molar-refractivity contribution < 1.29 is 0 Å². The van der Waals surface area contributed by atoms with E-state index < -0.39 is 0 Å². The molecule has 0 aliphatic heterocycles. The van der Waals surface area contributed by atoms with Crippen LogP contribution in [-0.2, 0) is 0 Å². The minimum absolute atomic E-state index is 0.0235. The maximum atomic E-state index is 7.64. The fourth-order valence-electron chi connectivity index (χ4n) is 3.85. The number of fused-ring (bicyclic) bond motifs is 2. The van der Waals surface area contributed by atoms with Crippen molar-refractivity contribution in [3.05, 3.63) is 66.9 Å². The Morgan fingerprint density at radius 2 is 1.70 bits per heavy atom. The molecule has 2 aromatic heterocycles.